The third kappa shape index (κ3) is 7.30. The van der Waals surface area contributed by atoms with Crippen LogP contribution in [0.1, 0.15) is 39.5 Å². The quantitative estimate of drug-likeness (QED) is 0.313. The number of likely N-dealkylation sites (tertiary alicyclic amines) is 1. The van der Waals surface area contributed by atoms with Crippen molar-refractivity contribution in [1.29, 1.82) is 0 Å². The van der Waals surface area contributed by atoms with E-state index < -0.39 is 10.0 Å². The third-order valence-corrected chi connectivity index (χ3v) is 7.85. The van der Waals surface area contributed by atoms with Gasteiger partial charge in [-0.25, -0.2) is 8.42 Å². The first-order chi connectivity index (χ1) is 14.5. The van der Waals surface area contributed by atoms with E-state index in [1.807, 2.05) is 13.0 Å². The SMILES string of the molecule is CCNC(=NCC1CCN(S(=O)(=O)c2ccccc2)CC1)N1CCC(OCC)CC1.I. The molecule has 2 saturated heterocycles. The van der Waals surface area contributed by atoms with Gasteiger partial charge in [-0.15, -0.1) is 24.0 Å². The molecular formula is C22H37IN4O3S. The smallest absolute Gasteiger partial charge is 0.243 e. The van der Waals surface area contributed by atoms with Gasteiger partial charge in [0.2, 0.25) is 10.0 Å². The summed E-state index contributed by atoms with van der Waals surface area (Å²) < 4.78 is 33.0. The number of nitrogens with zero attached hydrogens (tertiary/aromatic N) is 3. The van der Waals surface area contributed by atoms with Crippen LogP contribution in [0.5, 0.6) is 0 Å². The number of hydrogen-bond donors (Lipinski definition) is 1. The fourth-order valence-corrected chi connectivity index (χ4v) is 5.68. The fourth-order valence-electron chi connectivity index (χ4n) is 4.19. The molecule has 1 aromatic rings. The number of nitrogens with one attached hydrogen (secondary N) is 1. The van der Waals surface area contributed by atoms with Crippen LogP contribution in [0.15, 0.2) is 40.2 Å². The maximum absolute atomic E-state index is 12.8. The summed E-state index contributed by atoms with van der Waals surface area (Å²) in [5.41, 5.74) is 0. The minimum Gasteiger partial charge on any atom is -0.378 e. The average Bonchev–Trinajstić information content (AvgIpc) is 2.78. The molecule has 176 valence electrons. The zero-order chi connectivity index (χ0) is 21.4. The molecule has 0 atom stereocenters. The van der Waals surface area contributed by atoms with Gasteiger partial charge in [0.25, 0.3) is 0 Å². The lowest BCUT2D eigenvalue weighted by atomic mass is 9.98. The average molecular weight is 565 g/mol. The molecule has 3 rings (SSSR count). The van der Waals surface area contributed by atoms with Gasteiger partial charge in [-0.05, 0) is 57.6 Å². The first-order valence-electron chi connectivity index (χ1n) is 11.2. The zero-order valence-corrected chi connectivity index (χ0v) is 21.8. The molecule has 0 spiro atoms. The molecule has 1 aromatic carbocycles. The van der Waals surface area contributed by atoms with Gasteiger partial charge in [0.05, 0.1) is 11.0 Å². The Morgan fingerprint density at radius 2 is 1.71 bits per heavy atom. The third-order valence-electron chi connectivity index (χ3n) is 5.93. The number of hydrogen-bond acceptors (Lipinski definition) is 4. The highest BCUT2D eigenvalue weighted by molar-refractivity contribution is 14.0. The van der Waals surface area contributed by atoms with Crippen molar-refractivity contribution < 1.29 is 13.2 Å². The summed E-state index contributed by atoms with van der Waals surface area (Å²) in [5.74, 6) is 1.40. The van der Waals surface area contributed by atoms with Gasteiger partial charge < -0.3 is 15.0 Å². The van der Waals surface area contributed by atoms with Gasteiger partial charge >= 0.3 is 0 Å². The molecule has 0 bridgehead atoms. The van der Waals surface area contributed by atoms with Crippen molar-refractivity contribution in [2.45, 2.75) is 50.5 Å². The van der Waals surface area contributed by atoms with E-state index in [2.05, 4.69) is 17.1 Å². The van der Waals surface area contributed by atoms with Crippen LogP contribution in [-0.2, 0) is 14.8 Å². The summed E-state index contributed by atoms with van der Waals surface area (Å²) in [5, 5.41) is 3.42. The van der Waals surface area contributed by atoms with Crippen LogP contribution in [0.3, 0.4) is 0 Å². The summed E-state index contributed by atoms with van der Waals surface area (Å²) in [7, 11) is -3.39. The first-order valence-corrected chi connectivity index (χ1v) is 12.7. The van der Waals surface area contributed by atoms with Crippen LogP contribution in [0, 0.1) is 5.92 Å². The lowest BCUT2D eigenvalue weighted by Crippen LogP contribution is -2.47. The van der Waals surface area contributed by atoms with Gasteiger partial charge in [-0.1, -0.05) is 18.2 Å². The molecule has 9 heteroatoms. The lowest BCUT2D eigenvalue weighted by molar-refractivity contribution is 0.0263. The normalized spacial score (nSPS) is 19.8. The van der Waals surface area contributed by atoms with Gasteiger partial charge in [0, 0.05) is 45.9 Å². The van der Waals surface area contributed by atoms with Crippen molar-refractivity contribution in [3.05, 3.63) is 30.3 Å². The van der Waals surface area contributed by atoms with E-state index in [0.29, 0.717) is 30.0 Å². The number of guanidine groups is 1. The number of piperidine rings is 2. The molecule has 2 aliphatic heterocycles. The Morgan fingerprint density at radius 3 is 2.29 bits per heavy atom. The summed E-state index contributed by atoms with van der Waals surface area (Å²) in [4.78, 5) is 7.61. The minimum atomic E-state index is -3.39. The van der Waals surface area contributed by atoms with E-state index in [1.165, 1.54) is 0 Å². The second-order valence-corrected chi connectivity index (χ2v) is 9.93. The van der Waals surface area contributed by atoms with Gasteiger partial charge in [0.1, 0.15) is 0 Å². The minimum absolute atomic E-state index is 0. The number of rotatable bonds is 7. The van der Waals surface area contributed by atoms with Crippen molar-refractivity contribution in [2.75, 3.05) is 45.9 Å². The van der Waals surface area contributed by atoms with Crippen LogP contribution in [0.2, 0.25) is 0 Å². The second-order valence-electron chi connectivity index (χ2n) is 8.00. The van der Waals surface area contributed by atoms with Crippen molar-refractivity contribution >= 4 is 40.0 Å². The number of ether oxygens (including phenoxy) is 1. The standard InChI is InChI=1S/C22H36N4O3S.HI/c1-3-23-22(25-14-12-20(13-15-25)29-4-2)24-18-19-10-16-26(17-11-19)30(27,28)21-8-6-5-7-9-21;/h5-9,19-20H,3-4,10-18H2,1-2H3,(H,23,24);1H. The number of aliphatic imine (C=N–C) groups is 1. The summed E-state index contributed by atoms with van der Waals surface area (Å²) in [6.45, 7) is 9.56. The Balaban J connectivity index is 0.00000341. The van der Waals surface area contributed by atoms with Crippen LogP contribution >= 0.6 is 24.0 Å². The van der Waals surface area contributed by atoms with Crippen LogP contribution in [0.4, 0.5) is 0 Å². The molecule has 2 fully saturated rings. The number of sulfonamides is 1. The van der Waals surface area contributed by atoms with E-state index in [-0.39, 0.29) is 24.0 Å². The summed E-state index contributed by atoms with van der Waals surface area (Å²) >= 11 is 0. The summed E-state index contributed by atoms with van der Waals surface area (Å²) in [6, 6.07) is 8.72. The molecule has 2 aliphatic rings. The first kappa shape index (κ1) is 26.3. The number of halogens is 1. The zero-order valence-electron chi connectivity index (χ0n) is 18.7. The predicted octanol–water partition coefficient (Wildman–Crippen LogP) is 3.17. The van der Waals surface area contributed by atoms with Gasteiger partial charge in [-0.2, -0.15) is 4.31 Å². The molecule has 2 heterocycles. The van der Waals surface area contributed by atoms with Gasteiger partial charge in [-0.3, -0.25) is 4.99 Å². The maximum atomic E-state index is 12.8. The molecule has 0 saturated carbocycles. The van der Waals surface area contributed by atoms with Crippen molar-refractivity contribution in [3.8, 4) is 0 Å². The molecule has 0 amide bonds. The van der Waals surface area contributed by atoms with Crippen molar-refractivity contribution in [2.24, 2.45) is 10.9 Å². The molecule has 0 aromatic heterocycles. The van der Waals surface area contributed by atoms with Crippen molar-refractivity contribution in [1.82, 2.24) is 14.5 Å². The van der Waals surface area contributed by atoms with Crippen molar-refractivity contribution in [3.63, 3.8) is 0 Å². The van der Waals surface area contributed by atoms with E-state index >= 15 is 0 Å². The maximum Gasteiger partial charge on any atom is 0.243 e. The van der Waals surface area contributed by atoms with E-state index in [0.717, 1.165) is 64.4 Å². The summed E-state index contributed by atoms with van der Waals surface area (Å²) in [6.07, 6.45) is 4.13. The molecule has 0 radical (unpaired) electrons. The Hall–Kier alpha value is -0.910. The monoisotopic (exact) mass is 564 g/mol. The van der Waals surface area contributed by atoms with E-state index in [4.69, 9.17) is 9.73 Å². The lowest BCUT2D eigenvalue weighted by Gasteiger charge is -2.34. The Bertz CT molecular complexity index is 775. The molecule has 0 aliphatic carbocycles. The molecule has 7 nitrogen and oxygen atoms in total. The Labute approximate surface area is 204 Å². The van der Waals surface area contributed by atoms with Crippen LogP contribution < -0.4 is 5.32 Å². The topological polar surface area (TPSA) is 74.2 Å². The highest BCUT2D eigenvalue weighted by Crippen LogP contribution is 2.24. The van der Waals surface area contributed by atoms with E-state index in [1.54, 1.807) is 28.6 Å². The highest BCUT2D eigenvalue weighted by Gasteiger charge is 2.29. The Kier molecular flexibility index (Phi) is 11.0. The van der Waals surface area contributed by atoms with E-state index in [9.17, 15) is 8.42 Å². The van der Waals surface area contributed by atoms with Crippen LogP contribution in [0.25, 0.3) is 0 Å². The molecule has 31 heavy (non-hydrogen) atoms. The second kappa shape index (κ2) is 13.0. The fraction of sp³-hybridized carbons (Fsp3) is 0.682. The molecule has 1 N–H and O–H groups in total. The van der Waals surface area contributed by atoms with Gasteiger partial charge in [0.15, 0.2) is 5.96 Å². The molecular weight excluding hydrogens is 527 g/mol. The molecule has 0 unspecified atom stereocenters. The van der Waals surface area contributed by atoms with Crippen LogP contribution in [-0.4, -0.2) is 75.6 Å². The number of benzene rings is 1. The Morgan fingerprint density at radius 1 is 1.06 bits per heavy atom. The highest BCUT2D eigenvalue weighted by atomic mass is 127. The largest absolute Gasteiger partial charge is 0.378 e. The predicted molar refractivity (Wildman–Crippen MR) is 136 cm³/mol.